The van der Waals surface area contributed by atoms with Crippen LogP contribution in [0, 0.1) is 23.2 Å². The standard InChI is InChI=1S/C13H22N2O/c1-3-15(10-11(2)9-14)13(16)12-7-5-4-6-8-12/h11-12H,3-8,10H2,1-2H3/t11-/m0/s1. The van der Waals surface area contributed by atoms with Crippen molar-refractivity contribution in [3.63, 3.8) is 0 Å². The summed E-state index contributed by atoms with van der Waals surface area (Å²) in [6.07, 6.45) is 5.71. The molecule has 1 fully saturated rings. The fourth-order valence-electron chi connectivity index (χ4n) is 2.35. The first-order chi connectivity index (χ1) is 7.69. The molecule has 0 heterocycles. The Balaban J connectivity index is 2.51. The Morgan fingerprint density at radius 3 is 2.56 bits per heavy atom. The van der Waals surface area contributed by atoms with Crippen molar-refractivity contribution in [2.45, 2.75) is 46.0 Å². The number of rotatable bonds is 4. The molecule has 1 aliphatic carbocycles. The van der Waals surface area contributed by atoms with Crippen molar-refractivity contribution >= 4 is 5.91 Å². The number of nitrogens with zero attached hydrogens (tertiary/aromatic N) is 2. The van der Waals surface area contributed by atoms with Gasteiger partial charge in [-0.15, -0.1) is 0 Å². The van der Waals surface area contributed by atoms with Gasteiger partial charge >= 0.3 is 0 Å². The molecule has 0 aromatic carbocycles. The van der Waals surface area contributed by atoms with Gasteiger partial charge in [0, 0.05) is 19.0 Å². The largest absolute Gasteiger partial charge is 0.341 e. The van der Waals surface area contributed by atoms with E-state index in [0.29, 0.717) is 6.54 Å². The van der Waals surface area contributed by atoms with Crippen LogP contribution in [0.5, 0.6) is 0 Å². The SMILES string of the molecule is CCN(C[C@@H](C)C#N)C(=O)C1CCCCC1. The van der Waals surface area contributed by atoms with Crippen LogP contribution >= 0.6 is 0 Å². The van der Waals surface area contributed by atoms with Crippen molar-refractivity contribution in [2.24, 2.45) is 11.8 Å². The van der Waals surface area contributed by atoms with Gasteiger partial charge in [0.15, 0.2) is 0 Å². The summed E-state index contributed by atoms with van der Waals surface area (Å²) in [5, 5.41) is 8.78. The Hall–Kier alpha value is -1.04. The maximum absolute atomic E-state index is 12.2. The van der Waals surface area contributed by atoms with E-state index >= 15 is 0 Å². The highest BCUT2D eigenvalue weighted by Crippen LogP contribution is 2.25. The molecule has 1 rings (SSSR count). The fraction of sp³-hybridized carbons (Fsp3) is 0.846. The molecule has 0 spiro atoms. The number of hydrogen-bond donors (Lipinski definition) is 0. The second kappa shape index (κ2) is 6.52. The normalized spacial score (nSPS) is 18.8. The zero-order valence-corrected chi connectivity index (χ0v) is 10.4. The van der Waals surface area contributed by atoms with Crippen molar-refractivity contribution < 1.29 is 4.79 Å². The van der Waals surface area contributed by atoms with Gasteiger partial charge in [0.1, 0.15) is 0 Å². The topological polar surface area (TPSA) is 44.1 Å². The predicted molar refractivity (Wildman–Crippen MR) is 63.6 cm³/mol. The molecule has 90 valence electrons. The molecule has 0 aromatic heterocycles. The first-order valence-electron chi connectivity index (χ1n) is 6.37. The minimum absolute atomic E-state index is 0.0625. The van der Waals surface area contributed by atoms with Gasteiger partial charge < -0.3 is 4.90 Å². The highest BCUT2D eigenvalue weighted by molar-refractivity contribution is 5.78. The maximum Gasteiger partial charge on any atom is 0.225 e. The van der Waals surface area contributed by atoms with E-state index in [1.54, 1.807) is 0 Å². The molecule has 1 amide bonds. The fourth-order valence-corrected chi connectivity index (χ4v) is 2.35. The molecule has 3 heteroatoms. The van der Waals surface area contributed by atoms with E-state index in [0.717, 1.165) is 19.4 Å². The Morgan fingerprint density at radius 2 is 2.06 bits per heavy atom. The summed E-state index contributed by atoms with van der Waals surface area (Å²) in [6.45, 7) is 5.17. The van der Waals surface area contributed by atoms with Crippen molar-refractivity contribution in [2.75, 3.05) is 13.1 Å². The van der Waals surface area contributed by atoms with E-state index in [1.165, 1.54) is 19.3 Å². The molecular weight excluding hydrogens is 200 g/mol. The Kier molecular flexibility index (Phi) is 5.31. The number of nitriles is 1. The van der Waals surface area contributed by atoms with Crippen LogP contribution in [0.2, 0.25) is 0 Å². The molecule has 0 aromatic rings. The third kappa shape index (κ3) is 3.52. The highest BCUT2D eigenvalue weighted by Gasteiger charge is 2.25. The second-order valence-electron chi connectivity index (χ2n) is 4.74. The zero-order valence-electron chi connectivity index (χ0n) is 10.4. The van der Waals surface area contributed by atoms with Crippen LogP contribution in [0.3, 0.4) is 0 Å². The summed E-state index contributed by atoms with van der Waals surface area (Å²) in [5.41, 5.74) is 0. The van der Waals surface area contributed by atoms with Gasteiger partial charge in [-0.2, -0.15) is 5.26 Å². The summed E-state index contributed by atoms with van der Waals surface area (Å²) >= 11 is 0. The molecule has 0 N–H and O–H groups in total. The first-order valence-corrected chi connectivity index (χ1v) is 6.37. The van der Waals surface area contributed by atoms with Gasteiger partial charge in [-0.3, -0.25) is 4.79 Å². The highest BCUT2D eigenvalue weighted by atomic mass is 16.2. The average Bonchev–Trinajstić information content (AvgIpc) is 2.35. The second-order valence-corrected chi connectivity index (χ2v) is 4.74. The van der Waals surface area contributed by atoms with Crippen LogP contribution in [0.25, 0.3) is 0 Å². The van der Waals surface area contributed by atoms with Crippen molar-refractivity contribution in [1.82, 2.24) is 4.90 Å². The van der Waals surface area contributed by atoms with Crippen LogP contribution in [-0.4, -0.2) is 23.9 Å². The maximum atomic E-state index is 12.2. The van der Waals surface area contributed by atoms with E-state index in [4.69, 9.17) is 5.26 Å². The average molecular weight is 222 g/mol. The minimum Gasteiger partial charge on any atom is -0.341 e. The minimum atomic E-state index is -0.0625. The molecule has 3 nitrogen and oxygen atoms in total. The number of carbonyl (C=O) groups is 1. The van der Waals surface area contributed by atoms with Gasteiger partial charge in [0.05, 0.1) is 12.0 Å². The van der Waals surface area contributed by atoms with Crippen LogP contribution in [0.15, 0.2) is 0 Å². The lowest BCUT2D eigenvalue weighted by atomic mass is 9.88. The van der Waals surface area contributed by atoms with Crippen LogP contribution in [0.4, 0.5) is 0 Å². The van der Waals surface area contributed by atoms with Crippen LogP contribution in [-0.2, 0) is 4.79 Å². The quantitative estimate of drug-likeness (QED) is 0.733. The lowest BCUT2D eigenvalue weighted by molar-refractivity contribution is -0.136. The smallest absolute Gasteiger partial charge is 0.225 e. The number of hydrogen-bond acceptors (Lipinski definition) is 2. The van der Waals surface area contributed by atoms with Crippen molar-refractivity contribution in [3.05, 3.63) is 0 Å². The Bertz CT molecular complexity index is 264. The molecular formula is C13H22N2O. The molecule has 1 saturated carbocycles. The Morgan fingerprint density at radius 1 is 1.44 bits per heavy atom. The summed E-state index contributed by atoms with van der Waals surface area (Å²) in [7, 11) is 0. The van der Waals surface area contributed by atoms with Crippen LogP contribution < -0.4 is 0 Å². The van der Waals surface area contributed by atoms with E-state index in [2.05, 4.69) is 6.07 Å². The number of amides is 1. The summed E-state index contributed by atoms with van der Waals surface area (Å²) in [4.78, 5) is 14.0. The summed E-state index contributed by atoms with van der Waals surface area (Å²) in [5.74, 6) is 0.427. The van der Waals surface area contributed by atoms with Gasteiger partial charge in [-0.25, -0.2) is 0 Å². The summed E-state index contributed by atoms with van der Waals surface area (Å²) in [6, 6.07) is 2.19. The van der Waals surface area contributed by atoms with Gasteiger partial charge in [-0.05, 0) is 26.7 Å². The van der Waals surface area contributed by atoms with Crippen molar-refractivity contribution in [3.8, 4) is 6.07 Å². The molecule has 1 aliphatic rings. The van der Waals surface area contributed by atoms with Gasteiger partial charge in [-0.1, -0.05) is 19.3 Å². The molecule has 0 aliphatic heterocycles. The van der Waals surface area contributed by atoms with Crippen LogP contribution in [0.1, 0.15) is 46.0 Å². The lowest BCUT2D eigenvalue weighted by Gasteiger charge is -2.29. The molecule has 1 atom stereocenters. The first kappa shape index (κ1) is 13.0. The van der Waals surface area contributed by atoms with E-state index in [1.807, 2.05) is 18.7 Å². The number of carbonyl (C=O) groups excluding carboxylic acids is 1. The molecule has 16 heavy (non-hydrogen) atoms. The van der Waals surface area contributed by atoms with Gasteiger partial charge in [0.2, 0.25) is 5.91 Å². The van der Waals surface area contributed by atoms with E-state index < -0.39 is 0 Å². The summed E-state index contributed by atoms with van der Waals surface area (Å²) < 4.78 is 0. The molecule has 0 radical (unpaired) electrons. The van der Waals surface area contributed by atoms with Gasteiger partial charge in [0.25, 0.3) is 0 Å². The molecule has 0 unspecified atom stereocenters. The Labute approximate surface area is 98.4 Å². The molecule has 0 bridgehead atoms. The van der Waals surface area contributed by atoms with Crippen molar-refractivity contribution in [1.29, 1.82) is 5.26 Å². The van der Waals surface area contributed by atoms with E-state index in [9.17, 15) is 4.79 Å². The lowest BCUT2D eigenvalue weighted by Crippen LogP contribution is -2.39. The monoisotopic (exact) mass is 222 g/mol. The third-order valence-electron chi connectivity index (χ3n) is 3.36. The third-order valence-corrected chi connectivity index (χ3v) is 3.36. The zero-order chi connectivity index (χ0) is 12.0. The predicted octanol–water partition coefficient (Wildman–Crippen LogP) is 2.57. The molecule has 0 saturated heterocycles. The van der Waals surface area contributed by atoms with E-state index in [-0.39, 0.29) is 17.7 Å².